The predicted molar refractivity (Wildman–Crippen MR) is 106 cm³/mol. The van der Waals surface area contributed by atoms with Crippen molar-refractivity contribution in [2.24, 2.45) is 0 Å². The van der Waals surface area contributed by atoms with Gasteiger partial charge in [0, 0.05) is 37.8 Å². The Kier molecular flexibility index (Phi) is 5.25. The van der Waals surface area contributed by atoms with Gasteiger partial charge in [0.05, 0.1) is 17.7 Å². The topological polar surface area (TPSA) is 128 Å². The van der Waals surface area contributed by atoms with Gasteiger partial charge in [0.1, 0.15) is 6.04 Å². The summed E-state index contributed by atoms with van der Waals surface area (Å²) >= 11 is 0. The van der Waals surface area contributed by atoms with Crippen LogP contribution in [0.2, 0.25) is 0 Å². The summed E-state index contributed by atoms with van der Waals surface area (Å²) in [6.07, 6.45) is 0.158. The second-order valence-electron chi connectivity index (χ2n) is 7.72. The minimum atomic E-state index is -1.02. The number of carbonyl (C=O) groups is 5. The number of piperidine rings is 1. The number of piperazine rings is 1. The van der Waals surface area contributed by atoms with Crippen LogP contribution in [-0.2, 0) is 14.4 Å². The zero-order chi connectivity index (χ0) is 21.4. The number of hydrogen-bond donors (Lipinski definition) is 3. The van der Waals surface area contributed by atoms with Crippen molar-refractivity contribution in [1.29, 1.82) is 0 Å². The minimum Gasteiger partial charge on any atom is -0.375 e. The first-order valence-electron chi connectivity index (χ1n) is 9.96. The number of benzene rings is 1. The van der Waals surface area contributed by atoms with Crippen molar-refractivity contribution in [3.63, 3.8) is 0 Å². The molecule has 1 aromatic carbocycles. The molecule has 3 heterocycles. The van der Waals surface area contributed by atoms with Crippen LogP contribution >= 0.6 is 0 Å². The van der Waals surface area contributed by atoms with Crippen molar-refractivity contribution in [3.8, 4) is 0 Å². The van der Waals surface area contributed by atoms with Crippen molar-refractivity contribution >= 4 is 35.2 Å². The summed E-state index contributed by atoms with van der Waals surface area (Å²) in [4.78, 5) is 64.7. The fourth-order valence-electron chi connectivity index (χ4n) is 4.10. The Morgan fingerprint density at radius 2 is 2.00 bits per heavy atom. The SMILES string of the molecule is C[C@H]1CN(C(=O)CNc2cccc3c2C(=O)N(C2CCC(=O)NC2=O)C3=O)CCN1. The van der Waals surface area contributed by atoms with E-state index in [-0.39, 0.29) is 42.5 Å². The van der Waals surface area contributed by atoms with Crippen molar-refractivity contribution in [2.45, 2.75) is 31.8 Å². The monoisotopic (exact) mass is 413 g/mol. The Hall–Kier alpha value is -3.27. The molecule has 4 rings (SSSR count). The largest absolute Gasteiger partial charge is 0.375 e. The highest BCUT2D eigenvalue weighted by Crippen LogP contribution is 2.32. The lowest BCUT2D eigenvalue weighted by Crippen LogP contribution is -2.54. The molecule has 0 bridgehead atoms. The molecule has 158 valence electrons. The lowest BCUT2D eigenvalue weighted by molar-refractivity contribution is -0.136. The highest BCUT2D eigenvalue weighted by atomic mass is 16.2. The van der Waals surface area contributed by atoms with E-state index in [1.54, 1.807) is 17.0 Å². The molecule has 2 atom stereocenters. The molecule has 3 N–H and O–H groups in total. The Labute approximate surface area is 172 Å². The standard InChI is InChI=1S/C20H23N5O5/c1-11-10-24(8-7-21-11)16(27)9-22-13-4-2-3-12-17(13)20(30)25(19(12)29)14-5-6-15(26)23-18(14)28/h2-4,11,14,21-22H,5-10H2,1H3,(H,23,26,28)/t11-,14?/m0/s1. The molecule has 10 heteroatoms. The number of amides is 5. The smallest absolute Gasteiger partial charge is 0.264 e. The molecule has 0 aliphatic carbocycles. The summed E-state index contributed by atoms with van der Waals surface area (Å²) in [6, 6.07) is 3.97. The van der Waals surface area contributed by atoms with E-state index in [0.29, 0.717) is 18.8 Å². The number of nitrogens with one attached hydrogen (secondary N) is 3. The second kappa shape index (κ2) is 7.86. The molecule has 0 radical (unpaired) electrons. The van der Waals surface area contributed by atoms with Gasteiger partial charge >= 0.3 is 0 Å². The van der Waals surface area contributed by atoms with Crippen molar-refractivity contribution in [1.82, 2.24) is 20.4 Å². The molecule has 3 aliphatic heterocycles. The van der Waals surface area contributed by atoms with E-state index in [4.69, 9.17) is 0 Å². The first-order valence-corrected chi connectivity index (χ1v) is 9.96. The van der Waals surface area contributed by atoms with E-state index in [1.165, 1.54) is 6.07 Å². The quantitative estimate of drug-likeness (QED) is 0.558. The van der Waals surface area contributed by atoms with Gasteiger partial charge in [0.25, 0.3) is 11.8 Å². The van der Waals surface area contributed by atoms with Gasteiger partial charge in [-0.25, -0.2) is 0 Å². The number of imide groups is 2. The molecule has 30 heavy (non-hydrogen) atoms. The summed E-state index contributed by atoms with van der Waals surface area (Å²) in [6.45, 7) is 3.93. The first-order chi connectivity index (χ1) is 14.4. The molecule has 3 aliphatic rings. The van der Waals surface area contributed by atoms with E-state index in [9.17, 15) is 24.0 Å². The Morgan fingerprint density at radius 1 is 1.20 bits per heavy atom. The predicted octanol–water partition coefficient (Wildman–Crippen LogP) is -0.680. The van der Waals surface area contributed by atoms with Crippen molar-refractivity contribution < 1.29 is 24.0 Å². The maximum atomic E-state index is 13.0. The lowest BCUT2D eigenvalue weighted by Gasteiger charge is -2.32. The third kappa shape index (κ3) is 3.54. The number of rotatable bonds is 4. The number of anilines is 1. The van der Waals surface area contributed by atoms with Gasteiger partial charge in [-0.15, -0.1) is 0 Å². The number of nitrogens with zero attached hydrogens (tertiary/aromatic N) is 2. The number of carbonyl (C=O) groups excluding carboxylic acids is 5. The molecule has 0 spiro atoms. The van der Waals surface area contributed by atoms with E-state index in [0.717, 1.165) is 11.4 Å². The summed E-state index contributed by atoms with van der Waals surface area (Å²) in [7, 11) is 0. The molecule has 1 aromatic rings. The van der Waals surface area contributed by atoms with Gasteiger partial charge in [-0.3, -0.25) is 34.2 Å². The molecule has 10 nitrogen and oxygen atoms in total. The van der Waals surface area contributed by atoms with Gasteiger partial charge in [0.2, 0.25) is 17.7 Å². The van der Waals surface area contributed by atoms with Crippen LogP contribution in [0.4, 0.5) is 5.69 Å². The summed E-state index contributed by atoms with van der Waals surface area (Å²) < 4.78 is 0. The number of hydrogen-bond acceptors (Lipinski definition) is 7. The van der Waals surface area contributed by atoms with Crippen LogP contribution in [0, 0.1) is 0 Å². The molecule has 0 aromatic heterocycles. The van der Waals surface area contributed by atoms with Crippen LogP contribution in [0.3, 0.4) is 0 Å². The maximum absolute atomic E-state index is 13.0. The second-order valence-corrected chi connectivity index (χ2v) is 7.72. The average Bonchev–Trinajstić information content (AvgIpc) is 2.97. The first kappa shape index (κ1) is 20.0. The zero-order valence-corrected chi connectivity index (χ0v) is 16.6. The Balaban J connectivity index is 1.51. The van der Waals surface area contributed by atoms with Crippen LogP contribution in [-0.4, -0.2) is 77.6 Å². The van der Waals surface area contributed by atoms with Gasteiger partial charge in [-0.1, -0.05) is 6.07 Å². The van der Waals surface area contributed by atoms with Gasteiger partial charge in [-0.05, 0) is 25.5 Å². The Bertz CT molecular complexity index is 946. The molecule has 0 saturated carbocycles. The van der Waals surface area contributed by atoms with Crippen LogP contribution < -0.4 is 16.0 Å². The van der Waals surface area contributed by atoms with Crippen LogP contribution in [0.5, 0.6) is 0 Å². The van der Waals surface area contributed by atoms with Crippen LogP contribution in [0.15, 0.2) is 18.2 Å². The van der Waals surface area contributed by atoms with E-state index >= 15 is 0 Å². The average molecular weight is 413 g/mol. The third-order valence-corrected chi connectivity index (χ3v) is 5.62. The lowest BCUT2D eigenvalue weighted by atomic mass is 10.0. The third-order valence-electron chi connectivity index (χ3n) is 5.62. The summed E-state index contributed by atoms with van der Waals surface area (Å²) in [5.74, 6) is -2.35. The van der Waals surface area contributed by atoms with Crippen molar-refractivity contribution in [2.75, 3.05) is 31.5 Å². The molecular weight excluding hydrogens is 390 g/mol. The Morgan fingerprint density at radius 3 is 2.73 bits per heavy atom. The molecule has 2 fully saturated rings. The van der Waals surface area contributed by atoms with Crippen LogP contribution in [0.1, 0.15) is 40.5 Å². The summed E-state index contributed by atoms with van der Waals surface area (Å²) in [5, 5.41) is 8.43. The van der Waals surface area contributed by atoms with E-state index < -0.39 is 29.7 Å². The molecule has 2 saturated heterocycles. The van der Waals surface area contributed by atoms with Gasteiger partial charge in [0.15, 0.2) is 0 Å². The van der Waals surface area contributed by atoms with Gasteiger partial charge < -0.3 is 15.5 Å². The minimum absolute atomic E-state index is 0.0109. The maximum Gasteiger partial charge on any atom is 0.264 e. The normalized spacial score (nSPS) is 24.0. The highest BCUT2D eigenvalue weighted by molar-refractivity contribution is 6.25. The van der Waals surface area contributed by atoms with E-state index in [1.807, 2.05) is 6.92 Å². The molecule has 1 unspecified atom stereocenters. The molecular formula is C20H23N5O5. The van der Waals surface area contributed by atoms with Gasteiger partial charge in [-0.2, -0.15) is 0 Å². The van der Waals surface area contributed by atoms with E-state index in [2.05, 4.69) is 16.0 Å². The van der Waals surface area contributed by atoms with Crippen molar-refractivity contribution in [3.05, 3.63) is 29.3 Å². The fourth-order valence-corrected chi connectivity index (χ4v) is 4.10. The van der Waals surface area contributed by atoms with Crippen LogP contribution in [0.25, 0.3) is 0 Å². The highest BCUT2D eigenvalue weighted by Gasteiger charge is 2.45. The number of fused-ring (bicyclic) bond motifs is 1. The fraction of sp³-hybridized carbons (Fsp3) is 0.450. The molecule has 5 amide bonds. The summed E-state index contributed by atoms with van der Waals surface area (Å²) in [5.41, 5.74) is 0.698. The zero-order valence-electron chi connectivity index (χ0n) is 16.6.